The van der Waals surface area contributed by atoms with E-state index in [1.165, 1.54) is 17.7 Å². The highest BCUT2D eigenvalue weighted by molar-refractivity contribution is 7.16. The first-order valence-corrected chi connectivity index (χ1v) is 13.0. The summed E-state index contributed by atoms with van der Waals surface area (Å²) in [5.41, 5.74) is 3.58. The van der Waals surface area contributed by atoms with E-state index in [2.05, 4.69) is 24.1 Å². The number of nitrogens with one attached hydrogen (secondary N) is 1. The highest BCUT2D eigenvalue weighted by Gasteiger charge is 2.31. The molecule has 1 saturated heterocycles. The van der Waals surface area contributed by atoms with Gasteiger partial charge in [-0.1, -0.05) is 12.1 Å². The number of carbonyl (C=O) groups excluding carboxylic acids is 1. The normalized spacial score (nSPS) is 20.5. The number of hydrogen-bond acceptors (Lipinski definition) is 7. The van der Waals surface area contributed by atoms with Crippen molar-refractivity contribution in [2.75, 3.05) is 16.8 Å². The number of ether oxygens (including phenoxy) is 1. The van der Waals surface area contributed by atoms with Crippen LogP contribution in [0, 0.1) is 0 Å². The number of aromatic nitrogens is 2. The number of aryl methyl sites for hydroxylation is 1. The van der Waals surface area contributed by atoms with Crippen molar-refractivity contribution < 1.29 is 9.53 Å². The summed E-state index contributed by atoms with van der Waals surface area (Å²) in [5.74, 6) is 1.35. The molecule has 174 valence electrons. The van der Waals surface area contributed by atoms with Gasteiger partial charge in [-0.05, 0) is 83.4 Å². The Morgan fingerprint density at radius 2 is 1.79 bits per heavy atom. The van der Waals surface area contributed by atoms with E-state index in [-0.39, 0.29) is 5.97 Å². The Morgan fingerprint density at radius 1 is 1.09 bits per heavy atom. The van der Waals surface area contributed by atoms with E-state index >= 15 is 0 Å². The summed E-state index contributed by atoms with van der Waals surface area (Å²) >= 11 is 1.68. The van der Waals surface area contributed by atoms with Crippen LogP contribution >= 0.6 is 11.3 Å². The van der Waals surface area contributed by atoms with Crippen molar-refractivity contribution >= 4 is 45.0 Å². The highest BCUT2D eigenvalue weighted by Crippen LogP contribution is 2.42. The zero-order valence-corrected chi connectivity index (χ0v) is 20.5. The zero-order valence-electron chi connectivity index (χ0n) is 19.7. The van der Waals surface area contributed by atoms with Gasteiger partial charge in [0.25, 0.3) is 0 Å². The number of piperidine rings is 1. The topological polar surface area (TPSA) is 67.3 Å². The second-order valence-electron chi connectivity index (χ2n) is 9.18. The van der Waals surface area contributed by atoms with Crippen molar-refractivity contribution in [3.8, 4) is 0 Å². The van der Waals surface area contributed by atoms with Crippen molar-refractivity contribution in [3.63, 3.8) is 0 Å². The Morgan fingerprint density at radius 3 is 2.52 bits per heavy atom. The molecule has 33 heavy (non-hydrogen) atoms. The molecule has 1 fully saturated rings. The maximum atomic E-state index is 13.0. The van der Waals surface area contributed by atoms with Gasteiger partial charge >= 0.3 is 5.97 Å². The molecule has 0 spiro atoms. The maximum Gasteiger partial charge on any atom is 0.341 e. The predicted molar refractivity (Wildman–Crippen MR) is 135 cm³/mol. The van der Waals surface area contributed by atoms with Crippen LogP contribution in [0.1, 0.15) is 73.7 Å². The number of esters is 1. The largest absolute Gasteiger partial charge is 0.462 e. The molecule has 6 nitrogen and oxygen atoms in total. The molecular weight excluding hydrogens is 432 g/mol. The zero-order chi connectivity index (χ0) is 22.9. The first-order chi connectivity index (χ1) is 16.1. The van der Waals surface area contributed by atoms with E-state index in [9.17, 15) is 4.79 Å². The van der Waals surface area contributed by atoms with Crippen molar-refractivity contribution in [1.82, 2.24) is 9.97 Å². The third-order valence-electron chi connectivity index (χ3n) is 6.87. The third-order valence-corrected chi connectivity index (χ3v) is 8.08. The lowest BCUT2D eigenvalue weighted by Crippen LogP contribution is -2.44. The Balaban J connectivity index is 1.63. The number of para-hydroxylation sites is 2. The molecule has 3 heterocycles. The Kier molecular flexibility index (Phi) is 6.23. The molecule has 2 atom stereocenters. The van der Waals surface area contributed by atoms with Crippen molar-refractivity contribution in [1.29, 1.82) is 0 Å². The van der Waals surface area contributed by atoms with Crippen LogP contribution < -0.4 is 10.2 Å². The molecule has 0 radical (unpaired) electrons. The average molecular weight is 465 g/mol. The molecule has 0 amide bonds. The number of rotatable bonds is 5. The summed E-state index contributed by atoms with van der Waals surface area (Å²) < 4.78 is 5.46. The summed E-state index contributed by atoms with van der Waals surface area (Å²) in [6.07, 6.45) is 7.73. The van der Waals surface area contributed by atoms with Crippen LogP contribution in [0.3, 0.4) is 0 Å². The van der Waals surface area contributed by atoms with Crippen LogP contribution in [0.25, 0.3) is 11.0 Å². The summed E-state index contributed by atoms with van der Waals surface area (Å²) in [5, 5.41) is 4.41. The van der Waals surface area contributed by atoms with Gasteiger partial charge in [0.15, 0.2) is 11.6 Å². The Bertz CT molecular complexity index is 1160. The fourth-order valence-corrected chi connectivity index (χ4v) is 6.55. The minimum absolute atomic E-state index is 0.241. The number of carbonyl (C=O) groups is 1. The van der Waals surface area contributed by atoms with E-state index in [1.807, 2.05) is 31.2 Å². The number of fused-ring (bicyclic) bond motifs is 2. The van der Waals surface area contributed by atoms with Crippen molar-refractivity contribution in [3.05, 3.63) is 40.3 Å². The van der Waals surface area contributed by atoms with Gasteiger partial charge in [0.05, 0.1) is 23.2 Å². The number of hydrogen-bond donors (Lipinski definition) is 1. The molecule has 3 aromatic rings. The highest BCUT2D eigenvalue weighted by atomic mass is 32.1. The van der Waals surface area contributed by atoms with Gasteiger partial charge in [0.1, 0.15) is 5.00 Å². The molecule has 2 aromatic heterocycles. The lowest BCUT2D eigenvalue weighted by Gasteiger charge is -2.40. The molecule has 0 saturated carbocycles. The Labute approximate surface area is 199 Å². The summed E-state index contributed by atoms with van der Waals surface area (Å²) in [6.45, 7) is 6.76. The first-order valence-electron chi connectivity index (χ1n) is 12.2. The number of thiophene rings is 1. The van der Waals surface area contributed by atoms with E-state index < -0.39 is 0 Å². The molecular formula is C26H32N4O2S. The summed E-state index contributed by atoms with van der Waals surface area (Å²) in [6, 6.07) is 8.76. The molecule has 5 rings (SSSR count). The number of benzene rings is 1. The second-order valence-corrected chi connectivity index (χ2v) is 10.3. The minimum Gasteiger partial charge on any atom is -0.462 e. The molecule has 2 unspecified atom stereocenters. The van der Waals surface area contributed by atoms with E-state index in [0.717, 1.165) is 65.3 Å². The van der Waals surface area contributed by atoms with Gasteiger partial charge in [-0.3, -0.25) is 0 Å². The van der Waals surface area contributed by atoms with Crippen LogP contribution in [0.2, 0.25) is 0 Å². The lowest BCUT2D eigenvalue weighted by atomic mass is 9.95. The molecule has 7 heteroatoms. The summed E-state index contributed by atoms with van der Waals surface area (Å²) in [4.78, 5) is 26.8. The quantitative estimate of drug-likeness (QED) is 0.450. The van der Waals surface area contributed by atoms with E-state index in [1.54, 1.807) is 11.3 Å². The Hall–Kier alpha value is -2.67. The second kappa shape index (κ2) is 9.29. The molecule has 0 bridgehead atoms. The number of nitrogens with zero attached hydrogens (tertiary/aromatic N) is 3. The fraction of sp³-hybridized carbons (Fsp3) is 0.500. The predicted octanol–water partition coefficient (Wildman–Crippen LogP) is 6.26. The molecule has 1 aromatic carbocycles. The van der Waals surface area contributed by atoms with Crippen molar-refractivity contribution in [2.45, 2.75) is 77.8 Å². The molecule has 2 aliphatic rings. The third kappa shape index (κ3) is 4.19. The minimum atomic E-state index is -0.241. The van der Waals surface area contributed by atoms with Crippen molar-refractivity contribution in [2.24, 2.45) is 0 Å². The van der Waals surface area contributed by atoms with Gasteiger partial charge in [-0.25, -0.2) is 14.8 Å². The molecule has 1 aliphatic carbocycles. The van der Waals surface area contributed by atoms with Gasteiger partial charge < -0.3 is 15.0 Å². The van der Waals surface area contributed by atoms with E-state index in [4.69, 9.17) is 14.7 Å². The smallest absolute Gasteiger partial charge is 0.341 e. The van der Waals surface area contributed by atoms with Crippen LogP contribution in [-0.4, -0.2) is 34.6 Å². The van der Waals surface area contributed by atoms with Crippen LogP contribution in [0.15, 0.2) is 24.3 Å². The lowest BCUT2D eigenvalue weighted by molar-refractivity contribution is 0.0526. The van der Waals surface area contributed by atoms with Gasteiger partial charge in [0.2, 0.25) is 0 Å². The number of anilines is 3. The van der Waals surface area contributed by atoms with Crippen LogP contribution in [0.4, 0.5) is 16.6 Å². The average Bonchev–Trinajstić information content (AvgIpc) is 3.17. The first kappa shape index (κ1) is 22.1. The molecule has 1 aliphatic heterocycles. The fourth-order valence-electron chi connectivity index (χ4n) is 5.27. The van der Waals surface area contributed by atoms with Gasteiger partial charge in [0, 0.05) is 17.0 Å². The monoisotopic (exact) mass is 464 g/mol. The summed E-state index contributed by atoms with van der Waals surface area (Å²) in [7, 11) is 0. The molecule has 1 N–H and O–H groups in total. The SMILES string of the molecule is CCOC(=O)c1c(Nc2nc3ccccc3nc2N2C(C)CCCC2C)sc2c1CCCC2. The van der Waals surface area contributed by atoms with Crippen LogP contribution in [-0.2, 0) is 17.6 Å². The van der Waals surface area contributed by atoms with Crippen LogP contribution in [0.5, 0.6) is 0 Å². The maximum absolute atomic E-state index is 13.0. The van der Waals surface area contributed by atoms with Gasteiger partial charge in [-0.15, -0.1) is 11.3 Å². The standard InChI is InChI=1S/C26H32N4O2S/c1-4-32-26(31)22-18-12-5-8-15-21(18)33-25(22)29-23-24(30-16(2)10-9-11-17(30)3)28-20-14-7-6-13-19(20)27-23/h6-7,13-14,16-17H,4-5,8-12,15H2,1-3H3,(H,27,29). The van der Waals surface area contributed by atoms with Gasteiger partial charge in [-0.2, -0.15) is 0 Å². The van der Waals surface area contributed by atoms with E-state index in [0.29, 0.717) is 24.3 Å².